The molecular weight excluding hydrogens is 201 g/mol. The van der Waals surface area contributed by atoms with Crippen LogP contribution in [0.5, 0.6) is 0 Å². The Morgan fingerprint density at radius 1 is 1.69 bits per heavy atom. The second-order valence-corrected chi connectivity index (χ2v) is 4.49. The predicted molar refractivity (Wildman–Crippen MR) is 66.8 cm³/mol. The zero-order valence-electron chi connectivity index (χ0n) is 10.3. The van der Waals surface area contributed by atoms with Crippen LogP contribution in [0.1, 0.15) is 20.3 Å². The van der Waals surface area contributed by atoms with Crippen molar-refractivity contribution in [3.05, 3.63) is 23.8 Å². The standard InChI is InChI=1S/C14H20FN/c1-5-10-16(4)12(3)14(15)13-9-7-6-8-11(13)2/h1,6-7,9,11-12,14H,8,10H2,2-4H3/t11?,12-,14+/m1/s1. The molecule has 16 heavy (non-hydrogen) atoms. The molecule has 0 bridgehead atoms. The van der Waals surface area contributed by atoms with Gasteiger partial charge in [0.15, 0.2) is 0 Å². The van der Waals surface area contributed by atoms with Crippen LogP contribution in [0.2, 0.25) is 0 Å². The fourth-order valence-electron chi connectivity index (χ4n) is 1.92. The number of nitrogens with zero attached hydrogens (tertiary/aromatic N) is 1. The summed E-state index contributed by atoms with van der Waals surface area (Å²) < 4.78 is 14.3. The Morgan fingerprint density at radius 3 is 2.94 bits per heavy atom. The number of allylic oxidation sites excluding steroid dienone is 3. The van der Waals surface area contributed by atoms with E-state index in [9.17, 15) is 4.39 Å². The van der Waals surface area contributed by atoms with Crippen LogP contribution in [0.4, 0.5) is 4.39 Å². The lowest BCUT2D eigenvalue weighted by Gasteiger charge is -2.30. The van der Waals surface area contributed by atoms with Crippen molar-refractivity contribution >= 4 is 0 Å². The van der Waals surface area contributed by atoms with E-state index >= 15 is 0 Å². The molecule has 1 aliphatic carbocycles. The molecule has 0 fully saturated rings. The first-order valence-electron chi connectivity index (χ1n) is 5.72. The molecule has 1 unspecified atom stereocenters. The number of hydrogen-bond acceptors (Lipinski definition) is 1. The van der Waals surface area contributed by atoms with Crippen LogP contribution < -0.4 is 0 Å². The summed E-state index contributed by atoms with van der Waals surface area (Å²) in [5, 5.41) is 0. The third-order valence-electron chi connectivity index (χ3n) is 3.26. The van der Waals surface area contributed by atoms with Gasteiger partial charge < -0.3 is 0 Å². The van der Waals surface area contributed by atoms with Gasteiger partial charge in [0.1, 0.15) is 6.17 Å². The second-order valence-electron chi connectivity index (χ2n) is 4.49. The molecule has 1 nitrogen and oxygen atoms in total. The molecule has 0 spiro atoms. The number of rotatable bonds is 4. The Labute approximate surface area is 98.0 Å². The average molecular weight is 221 g/mol. The van der Waals surface area contributed by atoms with Crippen molar-refractivity contribution in [2.75, 3.05) is 13.6 Å². The lowest BCUT2D eigenvalue weighted by Crippen LogP contribution is -2.39. The summed E-state index contributed by atoms with van der Waals surface area (Å²) in [7, 11) is 1.86. The summed E-state index contributed by atoms with van der Waals surface area (Å²) in [5.74, 6) is 2.84. The minimum absolute atomic E-state index is 0.170. The van der Waals surface area contributed by atoms with Gasteiger partial charge in [-0.15, -0.1) is 6.42 Å². The van der Waals surface area contributed by atoms with E-state index in [1.807, 2.05) is 31.0 Å². The van der Waals surface area contributed by atoms with Gasteiger partial charge in [-0.05, 0) is 31.9 Å². The van der Waals surface area contributed by atoms with Crippen LogP contribution in [-0.4, -0.2) is 30.7 Å². The monoisotopic (exact) mass is 221 g/mol. The number of terminal acetylenes is 1. The fourth-order valence-corrected chi connectivity index (χ4v) is 1.92. The fraction of sp³-hybridized carbons (Fsp3) is 0.571. The molecule has 0 saturated carbocycles. The van der Waals surface area contributed by atoms with Crippen molar-refractivity contribution < 1.29 is 4.39 Å². The first-order chi connectivity index (χ1) is 7.57. The van der Waals surface area contributed by atoms with E-state index in [-0.39, 0.29) is 6.04 Å². The Bertz CT molecular complexity index is 324. The van der Waals surface area contributed by atoms with Crippen LogP contribution in [0.15, 0.2) is 23.8 Å². The molecule has 0 aromatic heterocycles. The summed E-state index contributed by atoms with van der Waals surface area (Å²) in [4.78, 5) is 1.87. The molecule has 3 atom stereocenters. The molecule has 88 valence electrons. The summed E-state index contributed by atoms with van der Waals surface area (Å²) in [5.41, 5.74) is 0.888. The van der Waals surface area contributed by atoms with Gasteiger partial charge in [0, 0.05) is 6.04 Å². The first-order valence-corrected chi connectivity index (χ1v) is 5.72. The average Bonchev–Trinajstić information content (AvgIpc) is 2.28. The van der Waals surface area contributed by atoms with Gasteiger partial charge >= 0.3 is 0 Å². The van der Waals surface area contributed by atoms with Gasteiger partial charge in [0.25, 0.3) is 0 Å². The zero-order chi connectivity index (χ0) is 12.1. The van der Waals surface area contributed by atoms with Crippen molar-refractivity contribution in [2.45, 2.75) is 32.5 Å². The minimum Gasteiger partial charge on any atom is -0.289 e. The highest BCUT2D eigenvalue weighted by molar-refractivity contribution is 5.25. The van der Waals surface area contributed by atoms with Crippen molar-refractivity contribution in [3.63, 3.8) is 0 Å². The molecule has 0 saturated heterocycles. The summed E-state index contributed by atoms with van der Waals surface area (Å²) in [6.07, 6.45) is 11.2. The maximum atomic E-state index is 14.3. The highest BCUT2D eigenvalue weighted by Crippen LogP contribution is 2.27. The molecule has 0 amide bonds. The summed E-state index contributed by atoms with van der Waals surface area (Å²) >= 11 is 0. The topological polar surface area (TPSA) is 3.24 Å². The van der Waals surface area contributed by atoms with Crippen molar-refractivity contribution in [1.29, 1.82) is 0 Å². The van der Waals surface area contributed by atoms with Crippen LogP contribution in [-0.2, 0) is 0 Å². The Hall–Kier alpha value is -1.07. The molecule has 0 N–H and O–H groups in total. The van der Waals surface area contributed by atoms with Crippen molar-refractivity contribution in [3.8, 4) is 12.3 Å². The van der Waals surface area contributed by atoms with E-state index in [0.29, 0.717) is 12.5 Å². The Balaban J connectivity index is 2.70. The summed E-state index contributed by atoms with van der Waals surface area (Å²) in [6, 6.07) is -0.170. The molecule has 1 aliphatic rings. The van der Waals surface area contributed by atoms with Crippen LogP contribution in [0.3, 0.4) is 0 Å². The van der Waals surface area contributed by atoms with Gasteiger partial charge in [-0.25, -0.2) is 4.39 Å². The van der Waals surface area contributed by atoms with Crippen LogP contribution in [0, 0.1) is 18.3 Å². The highest BCUT2D eigenvalue weighted by Gasteiger charge is 2.27. The molecule has 0 aromatic rings. The lowest BCUT2D eigenvalue weighted by molar-refractivity contribution is 0.177. The lowest BCUT2D eigenvalue weighted by atomic mass is 9.87. The highest BCUT2D eigenvalue weighted by atomic mass is 19.1. The zero-order valence-corrected chi connectivity index (χ0v) is 10.3. The van der Waals surface area contributed by atoms with Crippen LogP contribution >= 0.6 is 0 Å². The quantitative estimate of drug-likeness (QED) is 0.660. The molecule has 2 heteroatoms. The van der Waals surface area contributed by atoms with Gasteiger partial charge in [0.05, 0.1) is 6.54 Å². The van der Waals surface area contributed by atoms with Gasteiger partial charge in [-0.2, -0.15) is 0 Å². The Kier molecular flexibility index (Phi) is 4.76. The van der Waals surface area contributed by atoms with Crippen LogP contribution in [0.25, 0.3) is 0 Å². The third-order valence-corrected chi connectivity index (χ3v) is 3.26. The largest absolute Gasteiger partial charge is 0.289 e. The number of hydrogen-bond donors (Lipinski definition) is 0. The van der Waals surface area contributed by atoms with E-state index in [2.05, 4.69) is 18.9 Å². The molecule has 0 radical (unpaired) electrons. The predicted octanol–water partition coefficient (Wildman–Crippen LogP) is 2.80. The van der Waals surface area contributed by atoms with Gasteiger partial charge in [-0.3, -0.25) is 4.90 Å². The number of alkyl halides is 1. The molecule has 0 aliphatic heterocycles. The van der Waals surface area contributed by atoms with Crippen molar-refractivity contribution in [2.24, 2.45) is 5.92 Å². The number of halogens is 1. The first kappa shape index (κ1) is 13.0. The van der Waals surface area contributed by atoms with E-state index in [0.717, 1.165) is 12.0 Å². The van der Waals surface area contributed by atoms with Gasteiger partial charge in [0.2, 0.25) is 0 Å². The third kappa shape index (κ3) is 2.96. The molecular formula is C14H20FN. The SMILES string of the molecule is C#CCN(C)[C@H](C)[C@H](F)C1=CC=CCC1C. The minimum atomic E-state index is -0.932. The van der Waals surface area contributed by atoms with E-state index in [1.54, 1.807) is 0 Å². The second kappa shape index (κ2) is 5.86. The van der Waals surface area contributed by atoms with E-state index in [1.165, 1.54) is 0 Å². The molecule has 0 aromatic carbocycles. The maximum Gasteiger partial charge on any atom is 0.137 e. The van der Waals surface area contributed by atoms with Crippen molar-refractivity contribution in [1.82, 2.24) is 4.90 Å². The Morgan fingerprint density at radius 2 is 2.38 bits per heavy atom. The summed E-state index contributed by atoms with van der Waals surface area (Å²) in [6.45, 7) is 4.43. The van der Waals surface area contributed by atoms with E-state index < -0.39 is 6.17 Å². The molecule has 0 heterocycles. The van der Waals surface area contributed by atoms with E-state index in [4.69, 9.17) is 6.42 Å². The molecule has 1 rings (SSSR count). The maximum absolute atomic E-state index is 14.3. The van der Waals surface area contributed by atoms with Gasteiger partial charge in [-0.1, -0.05) is 31.1 Å². The smallest absolute Gasteiger partial charge is 0.137 e. The normalized spacial score (nSPS) is 23.8.